The summed E-state index contributed by atoms with van der Waals surface area (Å²) in [5, 5.41) is 1.39. The second kappa shape index (κ2) is 7.50. The van der Waals surface area contributed by atoms with Crippen LogP contribution in [0.25, 0.3) is 11.0 Å². The largest absolute Gasteiger partial charge is 0.449 e. The van der Waals surface area contributed by atoms with E-state index in [-0.39, 0.29) is 5.43 Å². The SMILES string of the molecule is CC(C)=CCSc1oc2ccccc2c(=O)c1CC=C(C)C. The molecule has 0 aliphatic carbocycles. The van der Waals surface area contributed by atoms with Crippen LogP contribution in [0.15, 0.2) is 61.9 Å². The third kappa shape index (κ3) is 4.14. The Hall–Kier alpha value is -1.74. The monoisotopic (exact) mass is 314 g/mol. The first-order valence-electron chi connectivity index (χ1n) is 7.43. The Morgan fingerprint density at radius 3 is 2.45 bits per heavy atom. The fourth-order valence-corrected chi connectivity index (χ4v) is 3.11. The zero-order valence-corrected chi connectivity index (χ0v) is 14.4. The van der Waals surface area contributed by atoms with E-state index in [4.69, 9.17) is 4.42 Å². The summed E-state index contributed by atoms with van der Waals surface area (Å²) in [6.45, 7) is 8.22. The third-order valence-electron chi connectivity index (χ3n) is 3.28. The highest BCUT2D eigenvalue weighted by Crippen LogP contribution is 2.26. The number of hydrogen-bond donors (Lipinski definition) is 0. The molecule has 1 aromatic carbocycles. The second-order valence-electron chi connectivity index (χ2n) is 5.77. The van der Waals surface area contributed by atoms with E-state index >= 15 is 0 Å². The Kier molecular flexibility index (Phi) is 5.67. The zero-order chi connectivity index (χ0) is 16.1. The van der Waals surface area contributed by atoms with Gasteiger partial charge in [0.1, 0.15) is 5.58 Å². The van der Waals surface area contributed by atoms with Crippen LogP contribution in [0.5, 0.6) is 0 Å². The lowest BCUT2D eigenvalue weighted by Gasteiger charge is -2.07. The summed E-state index contributed by atoms with van der Waals surface area (Å²) in [5.74, 6) is 0.811. The van der Waals surface area contributed by atoms with Gasteiger partial charge in [-0.05, 0) is 46.2 Å². The van der Waals surface area contributed by atoms with Crippen LogP contribution in [0.2, 0.25) is 0 Å². The van der Waals surface area contributed by atoms with E-state index in [9.17, 15) is 4.79 Å². The van der Waals surface area contributed by atoms with Crippen LogP contribution in [0, 0.1) is 0 Å². The van der Waals surface area contributed by atoms with Crippen LogP contribution in [-0.2, 0) is 6.42 Å². The van der Waals surface area contributed by atoms with Gasteiger partial charge in [-0.1, -0.05) is 47.2 Å². The van der Waals surface area contributed by atoms with E-state index in [1.54, 1.807) is 11.8 Å². The maximum absolute atomic E-state index is 12.7. The van der Waals surface area contributed by atoms with Gasteiger partial charge in [0.2, 0.25) is 0 Å². The summed E-state index contributed by atoms with van der Waals surface area (Å²) in [5.41, 5.74) is 3.97. The summed E-state index contributed by atoms with van der Waals surface area (Å²) in [6, 6.07) is 7.45. The van der Waals surface area contributed by atoms with E-state index < -0.39 is 0 Å². The number of rotatable bonds is 5. The molecule has 3 heteroatoms. The molecule has 0 amide bonds. The Labute approximate surface area is 135 Å². The number of hydrogen-bond acceptors (Lipinski definition) is 3. The average molecular weight is 314 g/mol. The van der Waals surface area contributed by atoms with E-state index in [1.807, 2.05) is 38.1 Å². The number of allylic oxidation sites excluding steroid dienone is 3. The van der Waals surface area contributed by atoms with Gasteiger partial charge in [-0.2, -0.15) is 0 Å². The highest BCUT2D eigenvalue weighted by molar-refractivity contribution is 7.99. The summed E-state index contributed by atoms with van der Waals surface area (Å²) >= 11 is 1.58. The van der Waals surface area contributed by atoms with Crippen LogP contribution >= 0.6 is 11.8 Å². The predicted octanol–water partition coefficient (Wildman–Crippen LogP) is 5.36. The molecule has 0 unspecified atom stereocenters. The number of para-hydroxylation sites is 1. The van der Waals surface area contributed by atoms with E-state index in [2.05, 4.69) is 26.0 Å². The topological polar surface area (TPSA) is 30.2 Å². The molecule has 0 fully saturated rings. The first kappa shape index (κ1) is 16.6. The van der Waals surface area contributed by atoms with Gasteiger partial charge in [-0.3, -0.25) is 4.79 Å². The van der Waals surface area contributed by atoms with Crippen molar-refractivity contribution in [2.75, 3.05) is 5.75 Å². The van der Waals surface area contributed by atoms with Crippen molar-refractivity contribution in [3.63, 3.8) is 0 Å². The molecule has 2 rings (SSSR count). The van der Waals surface area contributed by atoms with Crippen LogP contribution in [0.3, 0.4) is 0 Å². The fraction of sp³-hybridized carbons (Fsp3) is 0.316. The molecule has 22 heavy (non-hydrogen) atoms. The highest BCUT2D eigenvalue weighted by Gasteiger charge is 2.13. The van der Waals surface area contributed by atoms with E-state index in [1.165, 1.54) is 11.1 Å². The summed E-state index contributed by atoms with van der Waals surface area (Å²) in [4.78, 5) is 12.7. The van der Waals surface area contributed by atoms with Crippen molar-refractivity contribution in [2.45, 2.75) is 39.2 Å². The van der Waals surface area contributed by atoms with Gasteiger partial charge in [0.15, 0.2) is 10.5 Å². The molecule has 0 saturated heterocycles. The standard InChI is InChI=1S/C19H22O2S/c1-13(2)9-10-16-18(20)15-7-5-6-8-17(15)21-19(16)22-12-11-14(3)4/h5-9,11H,10,12H2,1-4H3. The second-order valence-corrected chi connectivity index (χ2v) is 6.76. The molecule has 0 atom stereocenters. The Morgan fingerprint density at radius 1 is 1.09 bits per heavy atom. The fourth-order valence-electron chi connectivity index (χ4n) is 2.04. The molecule has 0 radical (unpaired) electrons. The molecule has 1 aromatic heterocycles. The first-order valence-corrected chi connectivity index (χ1v) is 8.42. The van der Waals surface area contributed by atoms with Gasteiger partial charge in [-0.15, -0.1) is 0 Å². The Morgan fingerprint density at radius 2 is 1.77 bits per heavy atom. The predicted molar refractivity (Wildman–Crippen MR) is 95.8 cm³/mol. The summed E-state index contributed by atoms with van der Waals surface area (Å²) in [7, 11) is 0. The minimum Gasteiger partial charge on any atom is -0.449 e. The van der Waals surface area contributed by atoms with Crippen molar-refractivity contribution >= 4 is 22.7 Å². The smallest absolute Gasteiger partial charge is 0.197 e. The highest BCUT2D eigenvalue weighted by atomic mass is 32.2. The van der Waals surface area contributed by atoms with Gasteiger partial charge >= 0.3 is 0 Å². The minimum absolute atomic E-state index is 0.0825. The molecule has 116 valence electrons. The van der Waals surface area contributed by atoms with Crippen LogP contribution in [-0.4, -0.2) is 5.75 Å². The number of benzene rings is 1. The molecule has 0 spiro atoms. The quantitative estimate of drug-likeness (QED) is 0.550. The number of fused-ring (bicyclic) bond motifs is 1. The van der Waals surface area contributed by atoms with Crippen LogP contribution in [0.4, 0.5) is 0 Å². The molecular weight excluding hydrogens is 292 g/mol. The molecule has 0 aliphatic rings. The maximum atomic E-state index is 12.7. The van der Waals surface area contributed by atoms with Gasteiger partial charge in [0.05, 0.1) is 10.9 Å². The Bertz CT molecular complexity index is 774. The first-order chi connectivity index (χ1) is 10.5. The summed E-state index contributed by atoms with van der Waals surface area (Å²) in [6.07, 6.45) is 4.84. The Balaban J connectivity index is 2.50. The van der Waals surface area contributed by atoms with Crippen molar-refractivity contribution in [1.29, 1.82) is 0 Å². The minimum atomic E-state index is 0.0825. The van der Waals surface area contributed by atoms with Crippen molar-refractivity contribution < 1.29 is 4.42 Å². The lowest BCUT2D eigenvalue weighted by atomic mass is 10.1. The normalized spacial score (nSPS) is 10.5. The molecule has 0 N–H and O–H groups in total. The van der Waals surface area contributed by atoms with Crippen molar-refractivity contribution in [3.8, 4) is 0 Å². The van der Waals surface area contributed by atoms with Gasteiger partial charge in [0, 0.05) is 5.75 Å². The van der Waals surface area contributed by atoms with Crippen LogP contribution < -0.4 is 5.43 Å². The molecule has 1 heterocycles. The lowest BCUT2D eigenvalue weighted by molar-refractivity contribution is 0.490. The zero-order valence-electron chi connectivity index (χ0n) is 13.6. The van der Waals surface area contributed by atoms with E-state index in [0.717, 1.165) is 16.4 Å². The van der Waals surface area contributed by atoms with Crippen molar-refractivity contribution in [3.05, 3.63) is 63.4 Å². The summed E-state index contributed by atoms with van der Waals surface area (Å²) < 4.78 is 5.99. The van der Waals surface area contributed by atoms with Crippen molar-refractivity contribution in [2.24, 2.45) is 0 Å². The molecule has 0 aliphatic heterocycles. The molecule has 0 saturated carbocycles. The van der Waals surface area contributed by atoms with Crippen LogP contribution in [0.1, 0.15) is 33.3 Å². The van der Waals surface area contributed by atoms with Gasteiger partial charge in [0.25, 0.3) is 0 Å². The van der Waals surface area contributed by atoms with Crippen molar-refractivity contribution in [1.82, 2.24) is 0 Å². The maximum Gasteiger partial charge on any atom is 0.197 e. The third-order valence-corrected chi connectivity index (χ3v) is 4.20. The molecule has 2 aromatic rings. The lowest BCUT2D eigenvalue weighted by Crippen LogP contribution is -2.10. The van der Waals surface area contributed by atoms with Gasteiger partial charge in [-0.25, -0.2) is 0 Å². The number of thioether (sulfide) groups is 1. The molecule has 2 nitrogen and oxygen atoms in total. The van der Waals surface area contributed by atoms with E-state index in [0.29, 0.717) is 17.4 Å². The molecule has 0 bridgehead atoms. The van der Waals surface area contributed by atoms with Gasteiger partial charge < -0.3 is 4.42 Å². The molecular formula is C19H22O2S. The average Bonchev–Trinajstić information content (AvgIpc) is 2.46.